The number of hydrogen-bond donors (Lipinski definition) is 1. The molecule has 0 aromatic carbocycles. The van der Waals surface area contributed by atoms with E-state index in [2.05, 4.69) is 14.9 Å². The molecule has 6 nitrogen and oxygen atoms in total. The predicted molar refractivity (Wildman–Crippen MR) is 74.2 cm³/mol. The van der Waals surface area contributed by atoms with Crippen molar-refractivity contribution in [3.05, 3.63) is 17.0 Å². The van der Waals surface area contributed by atoms with Gasteiger partial charge in [-0.15, -0.1) is 0 Å². The molecule has 0 saturated carbocycles. The monoisotopic (exact) mass is 301 g/mol. The summed E-state index contributed by atoms with van der Waals surface area (Å²) in [5, 5.41) is 7.56. The highest BCUT2D eigenvalue weighted by atomic mass is 35.5. The summed E-state index contributed by atoms with van der Waals surface area (Å²) in [6.45, 7) is 4.07. The zero-order valence-electron chi connectivity index (χ0n) is 10.4. The van der Waals surface area contributed by atoms with E-state index in [1.807, 2.05) is 6.92 Å². The lowest BCUT2D eigenvalue weighted by molar-refractivity contribution is 0.0985. The number of anilines is 1. The van der Waals surface area contributed by atoms with Gasteiger partial charge in [0.05, 0.1) is 31.4 Å². The van der Waals surface area contributed by atoms with Crippen LogP contribution in [0.4, 0.5) is 5.82 Å². The second kappa shape index (κ2) is 6.31. The Morgan fingerprint density at radius 3 is 3.16 bits per heavy atom. The normalized spacial score (nSPS) is 19.3. The van der Waals surface area contributed by atoms with Crippen LogP contribution >= 0.6 is 11.6 Å². The lowest BCUT2D eigenvalue weighted by atomic mass is 10.2. The Hall–Kier alpha value is -1.18. The van der Waals surface area contributed by atoms with Gasteiger partial charge in [0.1, 0.15) is 5.82 Å². The van der Waals surface area contributed by atoms with E-state index in [1.54, 1.807) is 6.07 Å². The van der Waals surface area contributed by atoms with Crippen LogP contribution in [0.2, 0.25) is 5.28 Å². The molecule has 1 aromatic rings. The number of hydrogen-bond acceptors (Lipinski definition) is 6. The Bertz CT molecular complexity index is 500. The summed E-state index contributed by atoms with van der Waals surface area (Å²) in [7, 11) is 0. The Kier molecular flexibility index (Phi) is 4.73. The van der Waals surface area contributed by atoms with Crippen molar-refractivity contribution in [1.82, 2.24) is 9.97 Å². The van der Waals surface area contributed by atoms with Crippen LogP contribution in [0, 0.1) is 5.41 Å². The molecule has 1 aliphatic rings. The second-order valence-electron chi connectivity index (χ2n) is 4.29. The maximum absolute atomic E-state index is 10.5. The highest BCUT2D eigenvalue weighted by molar-refractivity contribution is 7.83. The molecule has 0 aliphatic carbocycles. The minimum atomic E-state index is 0.00995. The average Bonchev–Trinajstić information content (AvgIpc) is 2.38. The van der Waals surface area contributed by atoms with E-state index in [0.29, 0.717) is 18.9 Å². The van der Waals surface area contributed by atoms with Crippen molar-refractivity contribution in [3.63, 3.8) is 0 Å². The summed E-state index contributed by atoms with van der Waals surface area (Å²) in [6, 6.07) is 1.99. The van der Waals surface area contributed by atoms with Crippen molar-refractivity contribution in [3.8, 4) is 0 Å². The topological polar surface area (TPSA) is 79.2 Å². The van der Waals surface area contributed by atoms with E-state index < -0.39 is 0 Å². The van der Waals surface area contributed by atoms with Crippen LogP contribution in [0.15, 0.2) is 6.07 Å². The maximum atomic E-state index is 10.5. The number of rotatable bonds is 3. The fourth-order valence-electron chi connectivity index (χ4n) is 1.95. The first-order chi connectivity index (χ1) is 9.10. The molecule has 1 fully saturated rings. The molecule has 1 saturated heterocycles. The minimum absolute atomic E-state index is 0.00995. The Labute approximate surface area is 120 Å². The molecule has 2 heterocycles. The van der Waals surface area contributed by atoms with Crippen LogP contribution in [0.1, 0.15) is 12.6 Å². The molecule has 102 valence electrons. The van der Waals surface area contributed by atoms with Gasteiger partial charge < -0.3 is 9.64 Å². The largest absolute Gasteiger partial charge is 0.521 e. The molecule has 1 aliphatic heterocycles. The third kappa shape index (κ3) is 3.65. The highest BCUT2D eigenvalue weighted by Crippen LogP contribution is 2.20. The van der Waals surface area contributed by atoms with Gasteiger partial charge in [0.2, 0.25) is 5.28 Å². The van der Waals surface area contributed by atoms with Crippen molar-refractivity contribution in [1.29, 1.82) is 5.41 Å². The molecule has 19 heavy (non-hydrogen) atoms. The molecule has 1 atom stereocenters. The standard InChI is InChI=1S/C11H14ClN4O2S/c1-7-6-18-3-2-16(7)10-5-8(4-9(13)19-17)14-11(12)15-10/h5,7,13H,2-4,6H2,1H3/q+1/t7-/m1/s1. The van der Waals surface area contributed by atoms with Gasteiger partial charge in [-0.2, -0.15) is 0 Å². The van der Waals surface area contributed by atoms with E-state index in [0.717, 1.165) is 12.4 Å². The van der Waals surface area contributed by atoms with Gasteiger partial charge in [0, 0.05) is 16.8 Å². The Morgan fingerprint density at radius 2 is 2.47 bits per heavy atom. The average molecular weight is 302 g/mol. The lowest BCUT2D eigenvalue weighted by Crippen LogP contribution is -2.44. The number of halogens is 1. The van der Waals surface area contributed by atoms with Crippen LogP contribution in [-0.4, -0.2) is 40.8 Å². The highest BCUT2D eigenvalue weighted by Gasteiger charge is 2.22. The quantitative estimate of drug-likeness (QED) is 0.394. The first-order valence-corrected chi connectivity index (χ1v) is 6.97. The molecule has 8 heteroatoms. The fourth-order valence-corrected chi connectivity index (χ4v) is 2.35. The first-order valence-electron chi connectivity index (χ1n) is 5.85. The van der Waals surface area contributed by atoms with Crippen molar-refractivity contribution < 1.29 is 8.95 Å². The van der Waals surface area contributed by atoms with Gasteiger partial charge in [0.15, 0.2) is 0 Å². The molecular formula is C11H14ClN4O2S+. The van der Waals surface area contributed by atoms with Gasteiger partial charge in [-0.05, 0) is 18.5 Å². The van der Waals surface area contributed by atoms with Gasteiger partial charge in [0.25, 0.3) is 0 Å². The van der Waals surface area contributed by atoms with Crippen LogP contribution in [0.3, 0.4) is 0 Å². The Balaban J connectivity index is 2.24. The smallest absolute Gasteiger partial charge is 0.377 e. The summed E-state index contributed by atoms with van der Waals surface area (Å²) in [6.07, 6.45) is 0.183. The van der Waals surface area contributed by atoms with Gasteiger partial charge in [-0.1, -0.05) is 0 Å². The second-order valence-corrected chi connectivity index (χ2v) is 5.28. The van der Waals surface area contributed by atoms with Crippen molar-refractivity contribution in [2.24, 2.45) is 0 Å². The molecule has 0 bridgehead atoms. The maximum Gasteiger partial charge on any atom is 0.521 e. The van der Waals surface area contributed by atoms with E-state index in [4.69, 9.17) is 21.7 Å². The SMILES string of the molecule is C[C@@H]1COCCN1c1cc(CC(=N)[S+]=O)nc(Cl)n1. The summed E-state index contributed by atoms with van der Waals surface area (Å²) in [4.78, 5) is 10.3. The first kappa shape index (κ1) is 14.2. The number of nitrogens with one attached hydrogen (secondary N) is 1. The molecule has 2 rings (SSSR count). The predicted octanol–water partition coefficient (Wildman–Crippen LogP) is 1.30. The van der Waals surface area contributed by atoms with Crippen molar-refractivity contribution >= 4 is 34.1 Å². The van der Waals surface area contributed by atoms with Crippen molar-refractivity contribution in [2.75, 3.05) is 24.7 Å². The number of aromatic nitrogens is 2. The van der Waals surface area contributed by atoms with E-state index in [-0.39, 0.29) is 34.5 Å². The molecule has 1 aromatic heterocycles. The molecule has 0 radical (unpaired) electrons. The van der Waals surface area contributed by atoms with Crippen LogP contribution in [0.5, 0.6) is 0 Å². The van der Waals surface area contributed by atoms with Gasteiger partial charge in [-0.3, -0.25) is 0 Å². The van der Waals surface area contributed by atoms with E-state index in [1.165, 1.54) is 0 Å². The zero-order chi connectivity index (χ0) is 13.8. The lowest BCUT2D eigenvalue weighted by Gasteiger charge is -2.34. The Morgan fingerprint density at radius 1 is 1.68 bits per heavy atom. The van der Waals surface area contributed by atoms with Crippen LogP contribution in [0.25, 0.3) is 0 Å². The zero-order valence-corrected chi connectivity index (χ0v) is 12.0. The molecular weight excluding hydrogens is 288 g/mol. The van der Waals surface area contributed by atoms with Crippen LogP contribution in [-0.2, 0) is 27.0 Å². The number of ether oxygens (including phenoxy) is 1. The molecule has 0 spiro atoms. The van der Waals surface area contributed by atoms with Crippen molar-refractivity contribution in [2.45, 2.75) is 19.4 Å². The fraction of sp³-hybridized carbons (Fsp3) is 0.545. The summed E-state index contributed by atoms with van der Waals surface area (Å²) in [5.41, 5.74) is 0.585. The summed E-state index contributed by atoms with van der Waals surface area (Å²) >= 11 is 6.07. The molecule has 1 N–H and O–H groups in total. The minimum Gasteiger partial charge on any atom is -0.377 e. The van der Waals surface area contributed by atoms with Gasteiger partial charge in [-0.25, -0.2) is 15.4 Å². The summed E-state index contributed by atoms with van der Waals surface area (Å²) in [5.74, 6) is 0.717. The number of morpholine rings is 1. The molecule has 0 unspecified atom stereocenters. The van der Waals surface area contributed by atoms with E-state index >= 15 is 0 Å². The van der Waals surface area contributed by atoms with E-state index in [9.17, 15) is 4.21 Å². The number of nitrogens with zero attached hydrogens (tertiary/aromatic N) is 3. The third-order valence-corrected chi connectivity index (χ3v) is 3.36. The summed E-state index contributed by atoms with van der Waals surface area (Å²) < 4.78 is 15.9. The molecule has 0 amide bonds. The van der Waals surface area contributed by atoms with Gasteiger partial charge >= 0.3 is 16.7 Å². The van der Waals surface area contributed by atoms with Crippen LogP contribution < -0.4 is 4.90 Å². The third-order valence-electron chi connectivity index (χ3n) is 2.84.